The minimum absolute atomic E-state index is 0.0222. The second-order valence-corrected chi connectivity index (χ2v) is 9.04. The van der Waals surface area contributed by atoms with Crippen molar-refractivity contribution in [2.24, 2.45) is 0 Å². The van der Waals surface area contributed by atoms with Gasteiger partial charge in [-0.2, -0.15) is 0 Å². The van der Waals surface area contributed by atoms with Crippen molar-refractivity contribution in [2.75, 3.05) is 31.1 Å². The number of aromatic nitrogens is 3. The normalized spacial score (nSPS) is 14.1. The summed E-state index contributed by atoms with van der Waals surface area (Å²) in [6.07, 6.45) is 4.02. The first-order chi connectivity index (χ1) is 16.5. The Morgan fingerprint density at radius 2 is 1.76 bits per heavy atom. The second-order valence-electron chi connectivity index (χ2n) is 8.23. The van der Waals surface area contributed by atoms with Gasteiger partial charge in [-0.15, -0.1) is 0 Å². The summed E-state index contributed by atoms with van der Waals surface area (Å²) >= 11 is 12.5. The van der Waals surface area contributed by atoms with Crippen LogP contribution in [-0.4, -0.2) is 51.5 Å². The molecule has 0 atom stereocenters. The number of hydrogen-bond acceptors (Lipinski definition) is 4. The lowest BCUT2D eigenvalue weighted by Gasteiger charge is -2.36. The van der Waals surface area contributed by atoms with E-state index in [1.54, 1.807) is 36.7 Å². The first kappa shape index (κ1) is 22.6. The van der Waals surface area contributed by atoms with Gasteiger partial charge < -0.3 is 14.4 Å². The standard InChI is InChI=1S/C25H22Cl2FN5O/c26-18-13-21-23(14-19(18)27)33(24(30-21)12-17-4-3-7-29-15-17)16-25(34)32-10-8-31(9-11-32)22-6-2-1-5-20(22)28/h1-7,13-15H,8-12,16H2. The smallest absolute Gasteiger partial charge is 0.242 e. The molecule has 3 heterocycles. The zero-order valence-electron chi connectivity index (χ0n) is 18.3. The number of para-hydroxylation sites is 1. The third kappa shape index (κ3) is 4.58. The van der Waals surface area contributed by atoms with Gasteiger partial charge in [0.2, 0.25) is 5.91 Å². The fourth-order valence-electron chi connectivity index (χ4n) is 4.31. The van der Waals surface area contributed by atoms with Crippen molar-refractivity contribution < 1.29 is 9.18 Å². The van der Waals surface area contributed by atoms with E-state index in [2.05, 4.69) is 4.98 Å². The van der Waals surface area contributed by atoms with Crippen LogP contribution >= 0.6 is 23.2 Å². The molecule has 1 amide bonds. The molecule has 0 spiro atoms. The molecule has 34 heavy (non-hydrogen) atoms. The van der Waals surface area contributed by atoms with Crippen LogP contribution in [0, 0.1) is 5.82 Å². The van der Waals surface area contributed by atoms with Gasteiger partial charge in [-0.3, -0.25) is 9.78 Å². The third-order valence-electron chi connectivity index (χ3n) is 6.07. The van der Waals surface area contributed by atoms with Crippen LogP contribution in [0.4, 0.5) is 10.1 Å². The van der Waals surface area contributed by atoms with Crippen LogP contribution < -0.4 is 4.90 Å². The highest BCUT2D eigenvalue weighted by atomic mass is 35.5. The lowest BCUT2D eigenvalue weighted by atomic mass is 10.2. The van der Waals surface area contributed by atoms with E-state index >= 15 is 0 Å². The predicted molar refractivity (Wildman–Crippen MR) is 132 cm³/mol. The summed E-state index contributed by atoms with van der Waals surface area (Å²) in [5, 5.41) is 0.830. The molecule has 5 rings (SSSR count). The van der Waals surface area contributed by atoms with Crippen LogP contribution in [0.5, 0.6) is 0 Å². The minimum Gasteiger partial charge on any atom is -0.366 e. The van der Waals surface area contributed by atoms with Crippen molar-refractivity contribution in [3.63, 3.8) is 0 Å². The van der Waals surface area contributed by atoms with E-state index in [4.69, 9.17) is 28.2 Å². The van der Waals surface area contributed by atoms with Gasteiger partial charge in [-0.05, 0) is 35.9 Å². The van der Waals surface area contributed by atoms with Crippen LogP contribution in [0.25, 0.3) is 11.0 Å². The van der Waals surface area contributed by atoms with E-state index in [-0.39, 0.29) is 18.3 Å². The predicted octanol–water partition coefficient (Wildman–Crippen LogP) is 4.82. The minimum atomic E-state index is -0.247. The molecule has 0 unspecified atom stereocenters. The number of imidazole rings is 1. The summed E-state index contributed by atoms with van der Waals surface area (Å²) in [4.78, 5) is 26.0. The highest BCUT2D eigenvalue weighted by Gasteiger charge is 2.24. The average molecular weight is 498 g/mol. The molecule has 174 valence electrons. The molecule has 0 aliphatic carbocycles. The Labute approximate surface area is 206 Å². The van der Waals surface area contributed by atoms with Crippen LogP contribution in [0.2, 0.25) is 10.0 Å². The molecule has 1 saturated heterocycles. The number of carbonyl (C=O) groups is 1. The Morgan fingerprint density at radius 1 is 1.00 bits per heavy atom. The largest absolute Gasteiger partial charge is 0.366 e. The SMILES string of the molecule is O=C(Cn1c(Cc2cccnc2)nc2cc(Cl)c(Cl)cc21)N1CCN(c2ccccc2F)CC1. The third-order valence-corrected chi connectivity index (χ3v) is 6.80. The Morgan fingerprint density at radius 3 is 2.50 bits per heavy atom. The van der Waals surface area contributed by atoms with Crippen LogP contribution in [0.3, 0.4) is 0 Å². The zero-order chi connectivity index (χ0) is 23.7. The van der Waals surface area contributed by atoms with Crippen molar-refractivity contribution in [2.45, 2.75) is 13.0 Å². The number of amides is 1. The van der Waals surface area contributed by atoms with Crippen molar-refractivity contribution in [3.8, 4) is 0 Å². The molecule has 0 saturated carbocycles. The topological polar surface area (TPSA) is 54.3 Å². The molecule has 0 bridgehead atoms. The number of carbonyl (C=O) groups excluding carboxylic acids is 1. The van der Waals surface area contributed by atoms with Gasteiger partial charge in [0.25, 0.3) is 0 Å². The van der Waals surface area contributed by atoms with Gasteiger partial charge in [0.1, 0.15) is 18.2 Å². The molecule has 0 radical (unpaired) electrons. The summed E-state index contributed by atoms with van der Waals surface area (Å²) in [5.41, 5.74) is 3.00. The molecule has 9 heteroatoms. The summed E-state index contributed by atoms with van der Waals surface area (Å²) in [6.45, 7) is 2.31. The number of pyridine rings is 1. The molecule has 6 nitrogen and oxygen atoms in total. The average Bonchev–Trinajstić information content (AvgIpc) is 3.16. The molecule has 4 aromatic rings. The van der Waals surface area contributed by atoms with Crippen molar-refractivity contribution >= 4 is 45.8 Å². The van der Waals surface area contributed by atoms with Gasteiger partial charge >= 0.3 is 0 Å². The van der Waals surface area contributed by atoms with Crippen molar-refractivity contribution in [1.29, 1.82) is 0 Å². The fraction of sp³-hybridized carbons (Fsp3) is 0.240. The summed E-state index contributed by atoms with van der Waals surface area (Å²) in [5.74, 6) is 0.466. The maximum atomic E-state index is 14.2. The molecular weight excluding hydrogens is 476 g/mol. The van der Waals surface area contributed by atoms with Crippen molar-refractivity contribution in [3.05, 3.63) is 88.2 Å². The number of fused-ring (bicyclic) bond motifs is 1. The van der Waals surface area contributed by atoms with E-state index in [1.165, 1.54) is 6.07 Å². The number of anilines is 1. The van der Waals surface area contributed by atoms with E-state index in [0.29, 0.717) is 53.8 Å². The lowest BCUT2D eigenvalue weighted by Crippen LogP contribution is -2.49. The zero-order valence-corrected chi connectivity index (χ0v) is 19.8. The Kier molecular flexibility index (Phi) is 6.39. The molecule has 1 aliphatic heterocycles. The van der Waals surface area contributed by atoms with Crippen LogP contribution in [0.1, 0.15) is 11.4 Å². The van der Waals surface area contributed by atoms with Crippen LogP contribution in [-0.2, 0) is 17.8 Å². The van der Waals surface area contributed by atoms with Gasteiger partial charge in [0, 0.05) is 45.0 Å². The highest BCUT2D eigenvalue weighted by Crippen LogP contribution is 2.29. The molecule has 1 aliphatic rings. The first-order valence-corrected chi connectivity index (χ1v) is 11.8. The molecule has 2 aromatic heterocycles. The van der Waals surface area contributed by atoms with Crippen molar-refractivity contribution in [1.82, 2.24) is 19.4 Å². The van der Waals surface area contributed by atoms with Gasteiger partial charge in [0.15, 0.2) is 0 Å². The second kappa shape index (κ2) is 9.60. The van der Waals surface area contributed by atoms with E-state index in [1.807, 2.05) is 32.6 Å². The number of piperazine rings is 1. The quantitative estimate of drug-likeness (QED) is 0.396. The Hall–Kier alpha value is -3.16. The fourth-order valence-corrected chi connectivity index (χ4v) is 4.62. The van der Waals surface area contributed by atoms with Crippen LogP contribution in [0.15, 0.2) is 60.9 Å². The molecular formula is C25H22Cl2FN5O. The van der Waals surface area contributed by atoms with E-state index < -0.39 is 0 Å². The molecule has 0 N–H and O–H groups in total. The number of halogens is 3. The maximum Gasteiger partial charge on any atom is 0.242 e. The first-order valence-electron chi connectivity index (χ1n) is 11.0. The maximum absolute atomic E-state index is 14.2. The highest BCUT2D eigenvalue weighted by molar-refractivity contribution is 6.42. The summed E-state index contributed by atoms with van der Waals surface area (Å²) < 4.78 is 16.1. The lowest BCUT2D eigenvalue weighted by molar-refractivity contribution is -0.132. The van der Waals surface area contributed by atoms with Gasteiger partial charge in [-0.1, -0.05) is 41.4 Å². The number of benzene rings is 2. The molecule has 1 fully saturated rings. The van der Waals surface area contributed by atoms with Gasteiger partial charge in [-0.25, -0.2) is 9.37 Å². The summed E-state index contributed by atoms with van der Waals surface area (Å²) in [7, 11) is 0. The van der Waals surface area contributed by atoms with E-state index in [9.17, 15) is 9.18 Å². The summed E-state index contributed by atoms with van der Waals surface area (Å²) in [6, 6.07) is 14.0. The number of hydrogen-bond donors (Lipinski definition) is 0. The monoisotopic (exact) mass is 497 g/mol. The molecule has 2 aromatic carbocycles. The van der Waals surface area contributed by atoms with Gasteiger partial charge in [0.05, 0.1) is 26.8 Å². The Balaban J connectivity index is 1.37. The van der Waals surface area contributed by atoms with E-state index in [0.717, 1.165) is 16.9 Å². The Bertz CT molecular complexity index is 1340. The number of rotatable bonds is 5. The number of nitrogens with zero attached hydrogens (tertiary/aromatic N) is 5.